The summed E-state index contributed by atoms with van der Waals surface area (Å²) in [7, 11) is 0. The van der Waals surface area contributed by atoms with Crippen molar-refractivity contribution in [3.8, 4) is 0 Å². The molecule has 2 N–H and O–H groups in total. The van der Waals surface area contributed by atoms with Crippen LogP contribution in [0, 0.1) is 0 Å². The number of hydrogen-bond acceptors (Lipinski definition) is 3. The van der Waals surface area contributed by atoms with Crippen LogP contribution >= 0.6 is 12.4 Å². The standard InChI is InChI=1S/C7H9NO2.ClH/c8-6-2-1-3-7(4-6)10-5-9;/h1,3-6H,2,8H2;1H. The van der Waals surface area contributed by atoms with Gasteiger partial charge in [0.25, 0.3) is 6.47 Å². The molecule has 11 heavy (non-hydrogen) atoms. The predicted octanol–water partition coefficient (Wildman–Crippen LogP) is 0.752. The van der Waals surface area contributed by atoms with Crippen molar-refractivity contribution in [1.29, 1.82) is 0 Å². The van der Waals surface area contributed by atoms with E-state index < -0.39 is 0 Å². The molecule has 0 heterocycles. The lowest BCUT2D eigenvalue weighted by Gasteiger charge is -2.09. The fourth-order valence-electron chi connectivity index (χ4n) is 0.810. The highest BCUT2D eigenvalue weighted by molar-refractivity contribution is 5.85. The van der Waals surface area contributed by atoms with Crippen LogP contribution in [-0.2, 0) is 9.53 Å². The lowest BCUT2D eigenvalue weighted by Crippen LogP contribution is -2.18. The maximum atomic E-state index is 9.84. The van der Waals surface area contributed by atoms with E-state index in [1.807, 2.05) is 6.08 Å². The van der Waals surface area contributed by atoms with Gasteiger partial charge in [-0.25, -0.2) is 0 Å². The van der Waals surface area contributed by atoms with Crippen molar-refractivity contribution in [1.82, 2.24) is 0 Å². The third-order valence-electron chi connectivity index (χ3n) is 1.25. The molecule has 0 aromatic carbocycles. The maximum absolute atomic E-state index is 9.84. The Morgan fingerprint density at radius 2 is 2.45 bits per heavy atom. The Bertz CT molecular complexity index is 189. The molecule has 1 unspecified atom stereocenters. The number of allylic oxidation sites excluding steroid dienone is 1. The van der Waals surface area contributed by atoms with Gasteiger partial charge in [-0.15, -0.1) is 12.4 Å². The van der Waals surface area contributed by atoms with Crippen LogP contribution < -0.4 is 5.73 Å². The minimum atomic E-state index is -0.0139. The Morgan fingerprint density at radius 1 is 1.73 bits per heavy atom. The molecule has 0 aromatic heterocycles. The van der Waals surface area contributed by atoms with Gasteiger partial charge >= 0.3 is 0 Å². The first-order chi connectivity index (χ1) is 4.83. The van der Waals surface area contributed by atoms with E-state index in [1.54, 1.807) is 12.2 Å². The Kier molecular flexibility index (Phi) is 4.57. The SMILES string of the molecule is Cl.NC1C=C(OC=O)C=CC1. The number of carbonyl (C=O) groups is 1. The Morgan fingerprint density at radius 3 is 3.00 bits per heavy atom. The molecule has 1 aliphatic rings. The van der Waals surface area contributed by atoms with E-state index in [2.05, 4.69) is 4.74 Å². The quantitative estimate of drug-likeness (QED) is 0.631. The predicted molar refractivity (Wildman–Crippen MR) is 44.2 cm³/mol. The summed E-state index contributed by atoms with van der Waals surface area (Å²) in [6.07, 6.45) is 6.14. The molecule has 0 bridgehead atoms. The lowest BCUT2D eigenvalue weighted by molar-refractivity contribution is -0.124. The molecule has 62 valence electrons. The van der Waals surface area contributed by atoms with E-state index in [-0.39, 0.29) is 18.4 Å². The molecule has 1 atom stereocenters. The Balaban J connectivity index is 0.000001000. The summed E-state index contributed by atoms with van der Waals surface area (Å²) in [4.78, 5) is 9.84. The van der Waals surface area contributed by atoms with E-state index >= 15 is 0 Å². The van der Waals surface area contributed by atoms with Gasteiger partial charge in [-0.1, -0.05) is 6.08 Å². The van der Waals surface area contributed by atoms with E-state index in [4.69, 9.17) is 5.73 Å². The normalized spacial score (nSPS) is 21.5. The van der Waals surface area contributed by atoms with Gasteiger partial charge in [0.1, 0.15) is 5.76 Å². The highest BCUT2D eigenvalue weighted by atomic mass is 35.5. The van der Waals surface area contributed by atoms with Crippen molar-refractivity contribution < 1.29 is 9.53 Å². The van der Waals surface area contributed by atoms with Crippen LogP contribution in [0.2, 0.25) is 0 Å². The summed E-state index contributed by atoms with van der Waals surface area (Å²) >= 11 is 0. The van der Waals surface area contributed by atoms with Gasteiger partial charge in [0.2, 0.25) is 0 Å². The molecular weight excluding hydrogens is 166 g/mol. The number of halogens is 1. The number of carbonyl (C=O) groups excluding carboxylic acids is 1. The summed E-state index contributed by atoms with van der Waals surface area (Å²) in [6, 6.07) is -0.0139. The topological polar surface area (TPSA) is 52.3 Å². The number of nitrogens with two attached hydrogens (primary N) is 1. The second-order valence-electron chi connectivity index (χ2n) is 2.09. The number of rotatable bonds is 2. The average Bonchev–Trinajstić information content (AvgIpc) is 1.88. The molecular formula is C7H10ClNO2. The fraction of sp³-hybridized carbons (Fsp3) is 0.286. The van der Waals surface area contributed by atoms with Gasteiger partial charge in [-0.2, -0.15) is 0 Å². The van der Waals surface area contributed by atoms with Crippen molar-refractivity contribution in [3.63, 3.8) is 0 Å². The molecule has 0 radical (unpaired) electrons. The summed E-state index contributed by atoms with van der Waals surface area (Å²) in [5, 5.41) is 0. The largest absolute Gasteiger partial charge is 0.429 e. The number of hydrogen-bond donors (Lipinski definition) is 1. The third-order valence-corrected chi connectivity index (χ3v) is 1.25. The van der Waals surface area contributed by atoms with Crippen LogP contribution in [0.3, 0.4) is 0 Å². The molecule has 0 saturated heterocycles. The van der Waals surface area contributed by atoms with E-state index in [1.165, 1.54) is 0 Å². The first-order valence-corrected chi connectivity index (χ1v) is 3.07. The van der Waals surface area contributed by atoms with Crippen molar-refractivity contribution in [2.24, 2.45) is 5.73 Å². The van der Waals surface area contributed by atoms with Gasteiger partial charge in [0, 0.05) is 6.04 Å². The van der Waals surface area contributed by atoms with E-state index in [0.29, 0.717) is 12.2 Å². The monoisotopic (exact) mass is 175 g/mol. The molecule has 0 amide bonds. The van der Waals surface area contributed by atoms with Crippen molar-refractivity contribution in [3.05, 3.63) is 24.0 Å². The second-order valence-corrected chi connectivity index (χ2v) is 2.09. The lowest BCUT2D eigenvalue weighted by atomic mass is 10.1. The van der Waals surface area contributed by atoms with Gasteiger partial charge in [0.15, 0.2) is 0 Å². The molecule has 3 nitrogen and oxygen atoms in total. The van der Waals surface area contributed by atoms with Crippen molar-refractivity contribution in [2.75, 3.05) is 0 Å². The van der Waals surface area contributed by atoms with Crippen molar-refractivity contribution in [2.45, 2.75) is 12.5 Å². The molecule has 0 fully saturated rings. The Labute approximate surface area is 71.3 Å². The fourth-order valence-corrected chi connectivity index (χ4v) is 0.810. The van der Waals surface area contributed by atoms with Gasteiger partial charge in [0.05, 0.1) is 0 Å². The maximum Gasteiger partial charge on any atom is 0.298 e. The first-order valence-electron chi connectivity index (χ1n) is 3.07. The minimum absolute atomic E-state index is 0. The van der Waals surface area contributed by atoms with Crippen LogP contribution in [0.5, 0.6) is 0 Å². The van der Waals surface area contributed by atoms with Gasteiger partial charge in [-0.05, 0) is 18.6 Å². The Hall–Kier alpha value is -0.800. The van der Waals surface area contributed by atoms with Crippen LogP contribution in [0.1, 0.15) is 6.42 Å². The molecule has 0 aliphatic heterocycles. The zero-order valence-electron chi connectivity index (χ0n) is 5.90. The van der Waals surface area contributed by atoms with Gasteiger partial charge < -0.3 is 10.5 Å². The zero-order chi connectivity index (χ0) is 7.40. The van der Waals surface area contributed by atoms with E-state index in [9.17, 15) is 4.79 Å². The molecule has 1 aliphatic carbocycles. The molecule has 0 aromatic rings. The average molecular weight is 176 g/mol. The van der Waals surface area contributed by atoms with Crippen molar-refractivity contribution >= 4 is 18.9 Å². The summed E-state index contributed by atoms with van der Waals surface area (Å²) in [5.41, 5.74) is 5.53. The molecule has 1 rings (SSSR count). The molecule has 4 heteroatoms. The minimum Gasteiger partial charge on any atom is -0.429 e. The number of ether oxygens (including phenoxy) is 1. The first kappa shape index (κ1) is 10.2. The van der Waals surface area contributed by atoms with Gasteiger partial charge in [-0.3, -0.25) is 4.79 Å². The molecule has 0 saturated carbocycles. The van der Waals surface area contributed by atoms with Crippen LogP contribution in [0.15, 0.2) is 24.0 Å². The third kappa shape index (κ3) is 3.20. The zero-order valence-corrected chi connectivity index (χ0v) is 6.71. The summed E-state index contributed by atoms with van der Waals surface area (Å²) in [5.74, 6) is 0.536. The smallest absolute Gasteiger partial charge is 0.298 e. The highest BCUT2D eigenvalue weighted by Gasteiger charge is 2.03. The summed E-state index contributed by atoms with van der Waals surface area (Å²) < 4.78 is 4.57. The van der Waals surface area contributed by atoms with E-state index in [0.717, 1.165) is 6.42 Å². The van der Waals surface area contributed by atoms with Crippen LogP contribution in [0.4, 0.5) is 0 Å². The summed E-state index contributed by atoms with van der Waals surface area (Å²) in [6.45, 7) is 0.397. The van der Waals surface area contributed by atoms with Crippen LogP contribution in [0.25, 0.3) is 0 Å². The highest BCUT2D eigenvalue weighted by Crippen LogP contribution is 2.08. The van der Waals surface area contributed by atoms with Crippen LogP contribution in [-0.4, -0.2) is 12.5 Å². The second kappa shape index (κ2) is 4.93. The molecule has 0 spiro atoms.